The van der Waals surface area contributed by atoms with Gasteiger partial charge in [0, 0.05) is 52.0 Å². The van der Waals surface area contributed by atoms with Gasteiger partial charge >= 0.3 is 23.9 Å². The molecule has 0 atom stereocenters. The Bertz CT molecular complexity index is 1500. The van der Waals surface area contributed by atoms with Gasteiger partial charge in [0.25, 0.3) is 0 Å². The third kappa shape index (κ3) is 10.2. The second-order valence-corrected chi connectivity index (χ2v) is 13.6. The predicted octanol–water partition coefficient (Wildman–Crippen LogP) is 2.97. The van der Waals surface area contributed by atoms with Gasteiger partial charge in [0.2, 0.25) is 5.91 Å². The van der Waals surface area contributed by atoms with E-state index < -0.39 is 35.0 Å². The summed E-state index contributed by atoms with van der Waals surface area (Å²) in [5, 5.41) is 11.3. The van der Waals surface area contributed by atoms with Gasteiger partial charge < -0.3 is 35.2 Å². The Morgan fingerprint density at radius 3 is 2.08 bits per heavy atom. The van der Waals surface area contributed by atoms with Crippen molar-refractivity contribution in [3.63, 3.8) is 0 Å². The molecule has 1 aromatic heterocycles. The molecule has 1 aliphatic carbocycles. The molecule has 0 bridgehead atoms. The second-order valence-electron chi connectivity index (χ2n) is 13.6. The van der Waals surface area contributed by atoms with Gasteiger partial charge in [0.15, 0.2) is 0 Å². The largest absolute Gasteiger partial charge is 0.446 e. The number of aromatic nitrogens is 2. The van der Waals surface area contributed by atoms with Gasteiger partial charge in [0.1, 0.15) is 23.1 Å². The maximum Gasteiger partial charge on any atom is 0.408 e. The van der Waals surface area contributed by atoms with Crippen molar-refractivity contribution in [2.75, 3.05) is 38.5 Å². The Kier molecular flexibility index (Phi) is 11.7. The van der Waals surface area contributed by atoms with E-state index in [9.17, 15) is 24.0 Å². The van der Waals surface area contributed by atoms with Crippen LogP contribution in [0.15, 0.2) is 41.3 Å². The molecule has 2 heterocycles. The summed E-state index contributed by atoms with van der Waals surface area (Å²) in [6.07, 6.45) is 3.94. The minimum absolute atomic E-state index is 0.0445. The van der Waals surface area contributed by atoms with Gasteiger partial charge in [-0.25, -0.2) is 19.2 Å². The topological polar surface area (TPSA) is 176 Å². The molecule has 1 aromatic carbocycles. The van der Waals surface area contributed by atoms with Crippen LogP contribution in [-0.4, -0.2) is 100.0 Å². The van der Waals surface area contributed by atoms with E-state index in [1.165, 1.54) is 4.57 Å². The van der Waals surface area contributed by atoms with Crippen LogP contribution in [0, 0.1) is 0 Å². The molecule has 0 radical (unpaired) electrons. The Balaban J connectivity index is 1.23. The first-order valence-corrected chi connectivity index (χ1v) is 16.3. The minimum atomic E-state index is -1.19. The molecule has 2 fully saturated rings. The Hall–Kier alpha value is -4.66. The molecule has 4 N–H and O–H groups in total. The van der Waals surface area contributed by atoms with Crippen LogP contribution in [0.1, 0.15) is 65.9 Å². The van der Waals surface area contributed by atoms with Gasteiger partial charge in [-0.3, -0.25) is 14.7 Å². The Labute approximate surface area is 280 Å². The molecule has 1 saturated carbocycles. The first-order valence-electron chi connectivity index (χ1n) is 16.3. The zero-order valence-electron chi connectivity index (χ0n) is 28.6. The van der Waals surface area contributed by atoms with E-state index >= 15 is 0 Å². The number of alkyl carbamates (subject to hydrolysis) is 2. The number of urea groups is 1. The molecule has 1 aliphatic heterocycles. The number of nitrogens with zero attached hydrogens (tertiary/aromatic N) is 4. The third-order valence-electron chi connectivity index (χ3n) is 8.20. The quantitative estimate of drug-likeness (QED) is 0.330. The van der Waals surface area contributed by atoms with Crippen molar-refractivity contribution >= 4 is 29.9 Å². The van der Waals surface area contributed by atoms with E-state index in [1.54, 1.807) is 63.7 Å². The summed E-state index contributed by atoms with van der Waals surface area (Å²) in [5.41, 5.74) is -0.710. The molecular formula is C33H48N8O7. The van der Waals surface area contributed by atoms with Gasteiger partial charge in [-0.1, -0.05) is 12.1 Å². The first kappa shape index (κ1) is 36.2. The highest BCUT2D eigenvalue weighted by molar-refractivity contribution is 5.90. The predicted molar refractivity (Wildman–Crippen MR) is 179 cm³/mol. The molecular weight excluding hydrogens is 620 g/mol. The second kappa shape index (κ2) is 15.5. The molecule has 15 heteroatoms. The zero-order chi connectivity index (χ0) is 35.1. The molecule has 0 spiro atoms. The maximum absolute atomic E-state index is 13.1. The van der Waals surface area contributed by atoms with Crippen LogP contribution >= 0.6 is 0 Å². The molecule has 2 aromatic rings. The lowest BCUT2D eigenvalue weighted by atomic mass is 9.93. The number of anilines is 1. The highest BCUT2D eigenvalue weighted by Crippen LogP contribution is 2.22. The molecule has 2 aliphatic rings. The Morgan fingerprint density at radius 2 is 1.50 bits per heavy atom. The lowest BCUT2D eigenvalue weighted by Gasteiger charge is -2.38. The molecule has 0 unspecified atom stereocenters. The highest BCUT2D eigenvalue weighted by Gasteiger charge is 2.37. The van der Waals surface area contributed by atoms with E-state index in [0.717, 1.165) is 31.2 Å². The number of piperazine rings is 1. The lowest BCUT2D eigenvalue weighted by molar-refractivity contribution is -0.138. The standard InChI is InChI=1S/C33H48N8O7/c1-32(2,3)48-31(46)38-33(4,5)27(42)39-17-19-40(20-18-39)28(43)36-26-15-16-41(29(44)37-26)24-11-7-22(8-12-24)21-35-23-9-13-25(14-10-23)47-30(45)34-6/h7-8,11-12,15-16,23,25,35H,9-10,13-14,17-21H2,1-6H3,(H,34,45)(H,38,46)(H,36,37,43,44)/t23-,25-. The van der Waals surface area contributed by atoms with Crippen molar-refractivity contribution in [2.24, 2.45) is 0 Å². The van der Waals surface area contributed by atoms with Crippen molar-refractivity contribution in [3.8, 4) is 5.69 Å². The summed E-state index contributed by atoms with van der Waals surface area (Å²) in [4.78, 5) is 69.7. The Morgan fingerprint density at radius 1 is 0.875 bits per heavy atom. The number of hydrogen-bond acceptors (Lipinski definition) is 9. The molecule has 1 saturated heterocycles. The molecule has 15 nitrogen and oxygen atoms in total. The van der Waals surface area contributed by atoms with Gasteiger partial charge in [0.05, 0.1) is 5.69 Å². The number of ether oxygens (including phenoxy) is 2. The summed E-state index contributed by atoms with van der Waals surface area (Å²) < 4.78 is 12.0. The van der Waals surface area contributed by atoms with Crippen molar-refractivity contribution in [3.05, 3.63) is 52.6 Å². The van der Waals surface area contributed by atoms with E-state index in [0.29, 0.717) is 18.3 Å². The van der Waals surface area contributed by atoms with Gasteiger partial charge in [-0.15, -0.1) is 0 Å². The van der Waals surface area contributed by atoms with Crippen molar-refractivity contribution in [1.29, 1.82) is 0 Å². The average Bonchev–Trinajstić information content (AvgIpc) is 3.03. The smallest absolute Gasteiger partial charge is 0.408 e. The van der Waals surface area contributed by atoms with Gasteiger partial charge in [-0.2, -0.15) is 4.98 Å². The number of benzene rings is 1. The van der Waals surface area contributed by atoms with Crippen LogP contribution in [0.5, 0.6) is 0 Å². The van der Waals surface area contributed by atoms with Crippen molar-refractivity contribution in [2.45, 2.75) is 90.1 Å². The summed E-state index contributed by atoms with van der Waals surface area (Å²) in [7, 11) is 1.56. The van der Waals surface area contributed by atoms with Crippen molar-refractivity contribution < 1.29 is 28.7 Å². The molecule has 48 heavy (non-hydrogen) atoms. The zero-order valence-corrected chi connectivity index (χ0v) is 28.6. The fraction of sp³-hybridized carbons (Fsp3) is 0.576. The number of amides is 5. The summed E-state index contributed by atoms with van der Waals surface area (Å²) in [6, 6.07) is 9.06. The maximum atomic E-state index is 13.1. The van der Waals surface area contributed by atoms with Crippen LogP contribution in [0.25, 0.3) is 5.69 Å². The molecule has 262 valence electrons. The summed E-state index contributed by atoms with van der Waals surface area (Å²) >= 11 is 0. The number of carbonyl (C=O) groups excluding carboxylic acids is 4. The third-order valence-corrected chi connectivity index (χ3v) is 8.20. The van der Waals surface area contributed by atoms with Crippen LogP contribution in [-0.2, 0) is 20.8 Å². The van der Waals surface area contributed by atoms with E-state index in [2.05, 4.69) is 26.3 Å². The van der Waals surface area contributed by atoms with Crippen LogP contribution in [0.4, 0.5) is 20.2 Å². The first-order chi connectivity index (χ1) is 22.6. The lowest BCUT2D eigenvalue weighted by Crippen LogP contribution is -2.60. The average molecular weight is 669 g/mol. The van der Waals surface area contributed by atoms with Crippen LogP contribution in [0.2, 0.25) is 0 Å². The SMILES string of the molecule is CNC(=O)O[C@H]1CC[C@H](NCc2ccc(-n3ccc(NC(=O)N4CCN(C(=O)C(C)(C)NC(=O)OC(C)(C)C)CC4)nc3=O)cc2)CC1. The van der Waals surface area contributed by atoms with E-state index in [1.807, 2.05) is 24.3 Å². The summed E-state index contributed by atoms with van der Waals surface area (Å²) in [6.45, 7) is 10.2. The normalized spacial score (nSPS) is 18.5. The number of rotatable bonds is 8. The number of carbonyl (C=O) groups is 4. The van der Waals surface area contributed by atoms with E-state index in [-0.39, 0.29) is 44.0 Å². The fourth-order valence-corrected chi connectivity index (χ4v) is 5.61. The molecule has 5 amide bonds. The molecule has 4 rings (SSSR count). The summed E-state index contributed by atoms with van der Waals surface area (Å²) in [5.74, 6) is -0.157. The van der Waals surface area contributed by atoms with Crippen LogP contribution < -0.4 is 27.0 Å². The highest BCUT2D eigenvalue weighted by atomic mass is 16.6. The minimum Gasteiger partial charge on any atom is -0.446 e. The van der Waals surface area contributed by atoms with E-state index in [4.69, 9.17) is 9.47 Å². The van der Waals surface area contributed by atoms with Crippen molar-refractivity contribution in [1.82, 2.24) is 35.3 Å². The van der Waals surface area contributed by atoms with Crippen LogP contribution in [0.3, 0.4) is 0 Å². The van der Waals surface area contributed by atoms with Gasteiger partial charge in [-0.05, 0) is 84.1 Å². The number of nitrogens with one attached hydrogen (secondary N) is 4. The fourth-order valence-electron chi connectivity index (χ4n) is 5.61. The number of hydrogen-bond donors (Lipinski definition) is 4. The monoisotopic (exact) mass is 668 g/mol.